The van der Waals surface area contributed by atoms with Crippen molar-refractivity contribution >= 4 is 46.9 Å². The Bertz CT molecular complexity index is 1070. The number of halogens is 2. The molecule has 1 saturated carbocycles. The van der Waals surface area contributed by atoms with Crippen molar-refractivity contribution in [2.45, 2.75) is 61.1 Å². The lowest BCUT2D eigenvalue weighted by molar-refractivity contribution is 0.0914. The molecule has 1 aromatic heterocycles. The molecule has 2 atom stereocenters. The molecule has 1 aliphatic heterocycles. The van der Waals surface area contributed by atoms with Gasteiger partial charge in [-0.2, -0.15) is 0 Å². The van der Waals surface area contributed by atoms with E-state index in [1.54, 1.807) is 12.1 Å². The van der Waals surface area contributed by atoms with E-state index in [2.05, 4.69) is 15.2 Å². The monoisotopic (exact) mass is 526 g/mol. The molecule has 8 nitrogen and oxygen atoms in total. The number of hydrogen-bond donors (Lipinski definition) is 4. The minimum absolute atomic E-state index is 0.0382. The van der Waals surface area contributed by atoms with E-state index in [0.717, 1.165) is 37.0 Å². The average Bonchev–Trinajstić information content (AvgIpc) is 3.18. The van der Waals surface area contributed by atoms with Gasteiger partial charge in [-0.25, -0.2) is 14.8 Å². The number of nitrogens with one attached hydrogen (secondary N) is 1. The van der Waals surface area contributed by atoms with E-state index in [1.165, 1.54) is 11.8 Å². The second-order valence-electron chi connectivity index (χ2n) is 8.92. The van der Waals surface area contributed by atoms with Crippen LogP contribution in [0.5, 0.6) is 0 Å². The van der Waals surface area contributed by atoms with Crippen LogP contribution in [-0.4, -0.2) is 57.1 Å². The molecule has 4 rings (SSSR count). The van der Waals surface area contributed by atoms with Crippen molar-refractivity contribution in [3.8, 4) is 0 Å². The Kier molecular flexibility index (Phi) is 7.79. The highest BCUT2D eigenvalue weighted by Gasteiger charge is 2.46. The van der Waals surface area contributed by atoms with Gasteiger partial charge in [0.05, 0.1) is 22.3 Å². The summed E-state index contributed by atoms with van der Waals surface area (Å²) in [6, 6.07) is 5.31. The lowest BCUT2D eigenvalue weighted by atomic mass is 9.74. The normalized spacial score (nSPS) is 20.5. The van der Waals surface area contributed by atoms with Gasteiger partial charge in [0.1, 0.15) is 16.8 Å². The molecule has 2 aliphatic rings. The maximum atomic E-state index is 11.3. The number of anilines is 1. The van der Waals surface area contributed by atoms with Gasteiger partial charge < -0.3 is 25.5 Å². The first kappa shape index (κ1) is 25.3. The van der Waals surface area contributed by atoms with E-state index >= 15 is 0 Å². The molecule has 11 heteroatoms. The molecule has 34 heavy (non-hydrogen) atoms. The average molecular weight is 527 g/mol. The number of aryl methyl sites for hydroxylation is 1. The molecule has 0 bridgehead atoms. The number of carbonyl (C=O) groups is 1. The summed E-state index contributed by atoms with van der Waals surface area (Å²) in [5.74, 6) is 0.552. The van der Waals surface area contributed by atoms with Crippen LogP contribution in [0.25, 0.3) is 0 Å². The van der Waals surface area contributed by atoms with Crippen LogP contribution >= 0.6 is 35.0 Å². The molecular weight excluding hydrogens is 499 g/mol. The Morgan fingerprint density at radius 3 is 2.71 bits per heavy atom. The molecular formula is C23H28Cl2N4O4S. The lowest BCUT2D eigenvalue weighted by Crippen LogP contribution is -2.50. The number of benzene rings is 1. The second kappa shape index (κ2) is 10.5. The first-order valence-electron chi connectivity index (χ1n) is 11.3. The molecule has 1 aromatic carbocycles. The highest BCUT2D eigenvalue weighted by Crippen LogP contribution is 2.47. The van der Waals surface area contributed by atoms with Crippen LogP contribution in [0, 0.1) is 12.3 Å². The van der Waals surface area contributed by atoms with Crippen molar-refractivity contribution in [3.63, 3.8) is 0 Å². The van der Waals surface area contributed by atoms with Crippen molar-refractivity contribution in [2.75, 3.05) is 24.6 Å². The molecule has 2 heterocycles. The summed E-state index contributed by atoms with van der Waals surface area (Å²) in [4.78, 5) is 23.5. The maximum absolute atomic E-state index is 11.3. The fraction of sp³-hybridized carbons (Fsp3) is 0.522. The van der Waals surface area contributed by atoms with Crippen molar-refractivity contribution in [3.05, 3.63) is 39.6 Å². The topological polar surface area (TPSA) is 119 Å². The number of carboxylic acid groups (broad SMARTS) is 1. The van der Waals surface area contributed by atoms with Crippen molar-refractivity contribution < 1.29 is 20.1 Å². The molecule has 1 amide bonds. The van der Waals surface area contributed by atoms with Gasteiger partial charge in [0.2, 0.25) is 0 Å². The Morgan fingerprint density at radius 1 is 1.29 bits per heavy atom. The van der Waals surface area contributed by atoms with Gasteiger partial charge in [-0.1, -0.05) is 47.5 Å². The zero-order valence-electron chi connectivity index (χ0n) is 18.8. The van der Waals surface area contributed by atoms with E-state index in [1.807, 2.05) is 13.0 Å². The van der Waals surface area contributed by atoms with E-state index < -0.39 is 18.8 Å². The smallest absolute Gasteiger partial charge is 0.404 e. The predicted octanol–water partition coefficient (Wildman–Crippen LogP) is 4.68. The summed E-state index contributed by atoms with van der Waals surface area (Å²) in [5.41, 5.74) is 0.944. The lowest BCUT2D eigenvalue weighted by Gasteiger charge is -2.43. The molecule has 4 N–H and O–H groups in total. The number of nitrogens with zero attached hydrogens (tertiary/aromatic N) is 3. The Balaban J connectivity index is 1.59. The number of aliphatic hydroxyl groups excluding tert-OH is 2. The summed E-state index contributed by atoms with van der Waals surface area (Å²) in [5, 5.41) is 33.6. The summed E-state index contributed by atoms with van der Waals surface area (Å²) in [6.07, 6.45) is 2.36. The molecule has 184 valence electrons. The van der Waals surface area contributed by atoms with Crippen LogP contribution < -0.4 is 10.2 Å². The molecule has 1 spiro atoms. The predicted molar refractivity (Wildman–Crippen MR) is 132 cm³/mol. The Labute approximate surface area is 212 Å². The molecule has 2 aromatic rings. The standard InChI is InChI=1S/C23H28Cl2N4O4S/c1-13-21(34-16-5-2-4-14(24)18(16)25)28-19(15(31)12-30)20(26-13)29-10-8-23(9-11-29)7-3-6-17(23)27-22(32)33/h2,4-5,15,17,27,30-31H,3,6-12H2,1H3,(H,32,33)/t15?,17-/m1/s1. The second-order valence-corrected chi connectivity index (χ2v) is 10.7. The van der Waals surface area contributed by atoms with Crippen LogP contribution in [0.2, 0.25) is 10.0 Å². The number of aromatic nitrogens is 2. The maximum Gasteiger partial charge on any atom is 0.404 e. The highest BCUT2D eigenvalue weighted by molar-refractivity contribution is 7.99. The molecule has 0 radical (unpaired) electrons. The first-order valence-corrected chi connectivity index (χ1v) is 12.8. The van der Waals surface area contributed by atoms with E-state index in [0.29, 0.717) is 45.4 Å². The minimum Gasteiger partial charge on any atom is -0.465 e. The summed E-state index contributed by atoms with van der Waals surface area (Å²) in [7, 11) is 0. The molecule has 1 unspecified atom stereocenters. The first-order chi connectivity index (χ1) is 16.2. The molecule has 2 fully saturated rings. The van der Waals surface area contributed by atoms with Crippen molar-refractivity contribution in [1.82, 2.24) is 15.3 Å². The molecule has 1 aliphatic carbocycles. The minimum atomic E-state index is -1.18. The fourth-order valence-electron chi connectivity index (χ4n) is 5.09. The van der Waals surface area contributed by atoms with Gasteiger partial charge in [-0.15, -0.1) is 0 Å². The van der Waals surface area contributed by atoms with Crippen molar-refractivity contribution in [2.24, 2.45) is 5.41 Å². The van der Waals surface area contributed by atoms with Gasteiger partial charge in [-0.3, -0.25) is 0 Å². The van der Waals surface area contributed by atoms with Crippen LogP contribution in [0.1, 0.15) is 49.6 Å². The Hall–Kier alpha value is -1.78. The highest BCUT2D eigenvalue weighted by atomic mass is 35.5. The largest absolute Gasteiger partial charge is 0.465 e. The third kappa shape index (κ3) is 5.09. The van der Waals surface area contributed by atoms with Gasteiger partial charge in [0, 0.05) is 24.0 Å². The van der Waals surface area contributed by atoms with Gasteiger partial charge in [0.15, 0.2) is 5.82 Å². The molecule has 1 saturated heterocycles. The number of rotatable bonds is 6. The third-order valence-corrected chi connectivity index (χ3v) is 8.98. The number of hydrogen-bond acceptors (Lipinski definition) is 7. The van der Waals surface area contributed by atoms with Crippen LogP contribution in [0.15, 0.2) is 28.1 Å². The number of piperidine rings is 1. The quantitative estimate of drug-likeness (QED) is 0.428. The zero-order valence-corrected chi connectivity index (χ0v) is 21.1. The van der Waals surface area contributed by atoms with Crippen LogP contribution in [-0.2, 0) is 0 Å². The summed E-state index contributed by atoms with van der Waals surface area (Å²) in [6.45, 7) is 2.71. The van der Waals surface area contributed by atoms with Crippen LogP contribution in [0.4, 0.5) is 10.6 Å². The number of aliphatic hydroxyl groups is 2. The van der Waals surface area contributed by atoms with Crippen LogP contribution in [0.3, 0.4) is 0 Å². The van der Waals surface area contributed by atoms with Gasteiger partial charge in [-0.05, 0) is 50.2 Å². The van der Waals surface area contributed by atoms with Gasteiger partial charge >= 0.3 is 6.09 Å². The van der Waals surface area contributed by atoms with Crippen molar-refractivity contribution in [1.29, 1.82) is 0 Å². The van der Waals surface area contributed by atoms with E-state index in [-0.39, 0.29) is 11.5 Å². The summed E-state index contributed by atoms with van der Waals surface area (Å²) >= 11 is 13.8. The Morgan fingerprint density at radius 2 is 2.03 bits per heavy atom. The van der Waals surface area contributed by atoms with E-state index in [9.17, 15) is 20.1 Å². The van der Waals surface area contributed by atoms with E-state index in [4.69, 9.17) is 28.2 Å². The number of amides is 1. The third-order valence-electron chi connectivity index (χ3n) is 6.91. The summed E-state index contributed by atoms with van der Waals surface area (Å²) < 4.78 is 0. The zero-order chi connectivity index (χ0) is 24.5. The SMILES string of the molecule is Cc1nc(N2CCC3(CCC[C@H]3NC(=O)O)CC2)c(C(O)CO)nc1Sc1cccc(Cl)c1Cl. The van der Waals surface area contributed by atoms with Gasteiger partial charge in [0.25, 0.3) is 0 Å². The fourth-order valence-corrected chi connectivity index (χ4v) is 6.45.